The van der Waals surface area contributed by atoms with E-state index >= 15 is 0 Å². The molecule has 0 aromatic heterocycles. The Morgan fingerprint density at radius 2 is 1.60 bits per heavy atom. The first-order valence-electron chi connectivity index (χ1n) is 5.81. The van der Waals surface area contributed by atoms with Crippen molar-refractivity contribution in [3.63, 3.8) is 0 Å². The first-order chi connectivity index (χ1) is 7.06. The Labute approximate surface area is 94.3 Å². The molecule has 1 unspecified atom stereocenters. The Kier molecular flexibility index (Phi) is 7.98. The van der Waals surface area contributed by atoms with Crippen molar-refractivity contribution in [3.8, 4) is 0 Å². The summed E-state index contributed by atoms with van der Waals surface area (Å²) in [5.74, 6) is 0.747. The highest BCUT2D eigenvalue weighted by Gasteiger charge is 1.99. The van der Waals surface area contributed by atoms with Crippen molar-refractivity contribution in [1.29, 1.82) is 0 Å². The zero-order chi connectivity index (χ0) is 11.7. The Morgan fingerprint density at radius 1 is 1.07 bits per heavy atom. The summed E-state index contributed by atoms with van der Waals surface area (Å²) in [4.78, 5) is 10.4. The maximum absolute atomic E-state index is 10.4. The van der Waals surface area contributed by atoms with E-state index in [2.05, 4.69) is 26.8 Å². The van der Waals surface area contributed by atoms with Crippen LogP contribution in [0.4, 0.5) is 0 Å². The largest absolute Gasteiger partial charge is 0.298 e. The highest BCUT2D eigenvalue weighted by molar-refractivity contribution is 5.71. The molecule has 0 aliphatic heterocycles. The lowest BCUT2D eigenvalue weighted by atomic mass is 9.98. The highest BCUT2D eigenvalue weighted by atomic mass is 16.1. The van der Waals surface area contributed by atoms with Crippen molar-refractivity contribution in [2.75, 3.05) is 0 Å². The second kappa shape index (κ2) is 8.46. The van der Waals surface area contributed by atoms with Gasteiger partial charge in [0.2, 0.25) is 0 Å². The van der Waals surface area contributed by atoms with E-state index in [0.29, 0.717) is 0 Å². The molecule has 0 saturated carbocycles. The molecule has 0 amide bonds. The minimum Gasteiger partial charge on any atom is -0.298 e. The zero-order valence-electron chi connectivity index (χ0n) is 10.5. The molecule has 86 valence electrons. The van der Waals surface area contributed by atoms with Crippen molar-refractivity contribution < 1.29 is 4.79 Å². The van der Waals surface area contributed by atoms with E-state index < -0.39 is 0 Å². The van der Waals surface area contributed by atoms with Crippen LogP contribution in [0, 0.1) is 5.92 Å². The van der Waals surface area contributed by atoms with Crippen LogP contribution in [0.1, 0.15) is 53.4 Å². The lowest BCUT2D eigenvalue weighted by molar-refractivity contribution is -0.104. The van der Waals surface area contributed by atoms with Gasteiger partial charge in [-0.1, -0.05) is 24.6 Å². The number of rotatable bonds is 7. The molecular weight excluding hydrogens is 184 g/mol. The molecule has 0 fully saturated rings. The third-order valence-corrected chi connectivity index (χ3v) is 2.52. The van der Waals surface area contributed by atoms with Gasteiger partial charge in [0.25, 0.3) is 0 Å². The highest BCUT2D eigenvalue weighted by Crippen LogP contribution is 2.14. The smallest absolute Gasteiger partial charge is 0.145 e. The lowest BCUT2D eigenvalue weighted by Gasteiger charge is -2.07. The van der Waals surface area contributed by atoms with Gasteiger partial charge in [-0.25, -0.2) is 0 Å². The number of hydrogen-bond acceptors (Lipinski definition) is 1. The molecule has 0 aliphatic carbocycles. The average molecular weight is 208 g/mol. The van der Waals surface area contributed by atoms with Crippen LogP contribution < -0.4 is 0 Å². The standard InChI is InChI=1S/C14H24O/c1-12(2)7-5-8-13(3)9-6-10-14(4)11-15/h7,10-11,13H,5-6,8-9H2,1-4H3/b14-10+. The van der Waals surface area contributed by atoms with Crippen molar-refractivity contribution in [1.82, 2.24) is 0 Å². The Hall–Kier alpha value is -0.850. The summed E-state index contributed by atoms with van der Waals surface area (Å²) in [6, 6.07) is 0. The molecular formula is C14H24O. The van der Waals surface area contributed by atoms with Crippen LogP contribution in [-0.2, 0) is 4.79 Å². The molecule has 0 N–H and O–H groups in total. The fraction of sp³-hybridized carbons (Fsp3) is 0.643. The number of aldehydes is 1. The van der Waals surface area contributed by atoms with Gasteiger partial charge in [-0.15, -0.1) is 0 Å². The number of carbonyl (C=O) groups is 1. The predicted molar refractivity (Wildman–Crippen MR) is 66.9 cm³/mol. The van der Waals surface area contributed by atoms with Gasteiger partial charge in [-0.05, 0) is 57.9 Å². The summed E-state index contributed by atoms with van der Waals surface area (Å²) < 4.78 is 0. The fourth-order valence-electron chi connectivity index (χ4n) is 1.44. The maximum Gasteiger partial charge on any atom is 0.145 e. The molecule has 0 aromatic carbocycles. The third kappa shape index (κ3) is 9.45. The number of carbonyl (C=O) groups excluding carboxylic acids is 1. The molecule has 0 rings (SSSR count). The van der Waals surface area contributed by atoms with Gasteiger partial charge < -0.3 is 0 Å². The molecule has 1 atom stereocenters. The third-order valence-electron chi connectivity index (χ3n) is 2.52. The lowest BCUT2D eigenvalue weighted by Crippen LogP contribution is -1.93. The van der Waals surface area contributed by atoms with Crippen molar-refractivity contribution in [2.24, 2.45) is 5.92 Å². The first kappa shape index (κ1) is 14.2. The average Bonchev–Trinajstić information content (AvgIpc) is 2.17. The monoisotopic (exact) mass is 208 g/mol. The minimum atomic E-state index is 0.747. The summed E-state index contributed by atoms with van der Waals surface area (Å²) in [5.41, 5.74) is 2.25. The number of allylic oxidation sites excluding steroid dienone is 4. The fourth-order valence-corrected chi connectivity index (χ4v) is 1.44. The van der Waals surface area contributed by atoms with Crippen LogP contribution in [0.2, 0.25) is 0 Å². The maximum atomic E-state index is 10.4. The Morgan fingerprint density at radius 3 is 2.07 bits per heavy atom. The van der Waals surface area contributed by atoms with Gasteiger partial charge in [-0.3, -0.25) is 4.79 Å². The van der Waals surface area contributed by atoms with E-state index in [1.807, 2.05) is 13.0 Å². The normalized spacial score (nSPS) is 13.5. The van der Waals surface area contributed by atoms with E-state index in [1.54, 1.807) is 0 Å². The molecule has 0 radical (unpaired) electrons. The summed E-state index contributed by atoms with van der Waals surface area (Å²) in [5, 5.41) is 0. The quantitative estimate of drug-likeness (QED) is 0.346. The van der Waals surface area contributed by atoms with Crippen LogP contribution in [0.25, 0.3) is 0 Å². The van der Waals surface area contributed by atoms with Crippen LogP contribution in [0.5, 0.6) is 0 Å². The molecule has 0 saturated heterocycles. The van der Waals surface area contributed by atoms with E-state index in [0.717, 1.165) is 24.2 Å². The van der Waals surface area contributed by atoms with E-state index in [4.69, 9.17) is 0 Å². The van der Waals surface area contributed by atoms with Crippen LogP contribution in [-0.4, -0.2) is 6.29 Å². The minimum absolute atomic E-state index is 0.747. The Bertz CT molecular complexity index is 232. The molecule has 0 bridgehead atoms. The molecule has 1 heteroatoms. The van der Waals surface area contributed by atoms with E-state index in [9.17, 15) is 4.79 Å². The summed E-state index contributed by atoms with van der Waals surface area (Å²) in [6.07, 6.45) is 9.89. The SMILES string of the molecule is CC(C)=CCCC(C)CC/C=C(\C)C=O. The van der Waals surface area contributed by atoms with Crippen LogP contribution in [0.3, 0.4) is 0 Å². The van der Waals surface area contributed by atoms with Gasteiger partial charge in [0.05, 0.1) is 0 Å². The van der Waals surface area contributed by atoms with Crippen molar-refractivity contribution in [3.05, 3.63) is 23.3 Å². The van der Waals surface area contributed by atoms with Gasteiger partial charge in [0.1, 0.15) is 6.29 Å². The van der Waals surface area contributed by atoms with Crippen molar-refractivity contribution in [2.45, 2.75) is 53.4 Å². The molecule has 15 heavy (non-hydrogen) atoms. The number of hydrogen-bond donors (Lipinski definition) is 0. The summed E-state index contributed by atoms with van der Waals surface area (Å²) >= 11 is 0. The molecule has 0 heterocycles. The van der Waals surface area contributed by atoms with Crippen LogP contribution >= 0.6 is 0 Å². The van der Waals surface area contributed by atoms with E-state index in [1.165, 1.54) is 24.8 Å². The Balaban J connectivity index is 3.62. The van der Waals surface area contributed by atoms with E-state index in [-0.39, 0.29) is 0 Å². The van der Waals surface area contributed by atoms with Gasteiger partial charge in [0.15, 0.2) is 0 Å². The van der Waals surface area contributed by atoms with Crippen molar-refractivity contribution >= 4 is 6.29 Å². The molecule has 1 nitrogen and oxygen atoms in total. The topological polar surface area (TPSA) is 17.1 Å². The molecule has 0 aliphatic rings. The summed E-state index contributed by atoms with van der Waals surface area (Å²) in [7, 11) is 0. The van der Waals surface area contributed by atoms with Gasteiger partial charge >= 0.3 is 0 Å². The van der Waals surface area contributed by atoms with Gasteiger partial charge in [-0.2, -0.15) is 0 Å². The summed E-state index contributed by atoms with van der Waals surface area (Å²) in [6.45, 7) is 8.42. The first-order valence-corrected chi connectivity index (χ1v) is 5.81. The van der Waals surface area contributed by atoms with Crippen LogP contribution in [0.15, 0.2) is 23.3 Å². The predicted octanol–water partition coefficient (Wildman–Crippen LogP) is 4.29. The molecule has 0 aromatic rings. The van der Waals surface area contributed by atoms with Gasteiger partial charge in [0, 0.05) is 0 Å². The zero-order valence-corrected chi connectivity index (χ0v) is 10.5. The second-order valence-electron chi connectivity index (χ2n) is 4.61. The second-order valence-corrected chi connectivity index (χ2v) is 4.61. The molecule has 0 spiro atoms.